The monoisotopic (exact) mass is 589 g/mol. The Balaban J connectivity index is -0.000000122. The molecule has 3 nitrogen and oxygen atoms in total. The van der Waals surface area contributed by atoms with E-state index in [4.69, 9.17) is 15.3 Å². The molecule has 0 aliphatic rings. The van der Waals surface area contributed by atoms with Crippen LogP contribution in [0.15, 0.2) is 24.3 Å². The van der Waals surface area contributed by atoms with Gasteiger partial charge in [-0.15, -0.1) is 0 Å². The maximum atomic E-state index is 13.1. The van der Waals surface area contributed by atoms with Gasteiger partial charge in [-0.25, -0.2) is 0 Å². The summed E-state index contributed by atoms with van der Waals surface area (Å²) in [5.41, 5.74) is 0. The Hall–Kier alpha value is 0.573. The minimum Gasteiger partial charge on any atom is 0 e. The van der Waals surface area contributed by atoms with Gasteiger partial charge < -0.3 is 15.3 Å². The Labute approximate surface area is 177 Å². The molecule has 1 aromatic rings. The predicted octanol–water partition coefficient (Wildman–Crippen LogP) is 4.12. The van der Waals surface area contributed by atoms with E-state index in [2.05, 4.69) is 20.8 Å². The van der Waals surface area contributed by atoms with Crippen LogP contribution < -0.4 is 4.40 Å². The molecular formula is C19H40FGeHfO3-. The molecule has 25 heavy (non-hydrogen) atoms. The van der Waals surface area contributed by atoms with E-state index in [1.165, 1.54) is 0 Å². The normalized spacial score (nSPS) is 9.32. The largest absolute Gasteiger partial charge is 0 e. The third-order valence-corrected chi connectivity index (χ3v) is 6.46. The zero-order valence-corrected chi connectivity index (χ0v) is 22.6. The molecule has 0 amide bonds. The van der Waals surface area contributed by atoms with E-state index >= 15 is 0 Å². The molecule has 0 aliphatic carbocycles. The zero-order chi connectivity index (χ0) is 19.3. The van der Waals surface area contributed by atoms with Gasteiger partial charge in [0.05, 0.1) is 0 Å². The molecule has 0 radical (unpaired) electrons. The van der Waals surface area contributed by atoms with E-state index in [9.17, 15) is 3.50 Å². The predicted molar refractivity (Wildman–Crippen MR) is 106 cm³/mol. The summed E-state index contributed by atoms with van der Waals surface area (Å²) in [5.74, 6) is 3.49. The molecule has 1 aromatic carbocycles. The average molecular weight is 587 g/mol. The van der Waals surface area contributed by atoms with Gasteiger partial charge in [0.1, 0.15) is 0 Å². The summed E-state index contributed by atoms with van der Waals surface area (Å²) < 4.78 is 14.1. The minimum atomic E-state index is -2.94. The van der Waals surface area contributed by atoms with E-state index in [0.29, 0.717) is 19.8 Å². The number of hydrogen-bond acceptors (Lipinski definition) is 3. The molecule has 0 atom stereocenters. The van der Waals surface area contributed by atoms with Crippen LogP contribution in [0.5, 0.6) is 0 Å². The van der Waals surface area contributed by atoms with Crippen molar-refractivity contribution in [3.05, 3.63) is 24.3 Å². The molecule has 0 unspecified atom stereocenters. The Bertz CT molecular complexity index is 284. The molecule has 0 spiro atoms. The van der Waals surface area contributed by atoms with Gasteiger partial charge in [-0.2, -0.15) is 0 Å². The first kappa shape index (κ1) is 33.2. The Morgan fingerprint density at radius 3 is 1.12 bits per heavy atom. The number of aliphatic hydroxyl groups is 3. The third kappa shape index (κ3) is 32.7. The van der Waals surface area contributed by atoms with Gasteiger partial charge >= 0.3 is 57.4 Å². The third-order valence-electron chi connectivity index (χ3n) is 2.88. The van der Waals surface area contributed by atoms with Crippen LogP contribution in [0.2, 0.25) is 11.5 Å². The topological polar surface area (TPSA) is 60.7 Å². The van der Waals surface area contributed by atoms with E-state index in [0.717, 1.165) is 42.9 Å². The van der Waals surface area contributed by atoms with Gasteiger partial charge in [-0.1, -0.05) is 40.0 Å². The molecular weight excluding hydrogens is 546 g/mol. The fourth-order valence-corrected chi connectivity index (χ4v) is 3.31. The molecule has 3 N–H and O–H groups in total. The van der Waals surface area contributed by atoms with E-state index in [-0.39, 0.29) is 25.8 Å². The first-order valence-electron chi connectivity index (χ1n) is 9.09. The van der Waals surface area contributed by atoms with Crippen LogP contribution in [0.1, 0.15) is 59.3 Å². The first-order valence-corrected chi connectivity index (χ1v) is 15.1. The molecule has 0 fully saturated rings. The number of halogens is 1. The molecule has 0 saturated heterocycles. The second kappa shape index (κ2) is 26.8. The van der Waals surface area contributed by atoms with Crippen molar-refractivity contribution in [1.29, 1.82) is 0 Å². The quantitative estimate of drug-likeness (QED) is 0.333. The van der Waals surface area contributed by atoms with Crippen LogP contribution in [0.4, 0.5) is 3.50 Å². The van der Waals surface area contributed by atoms with Gasteiger partial charge in [-0.05, 0) is 19.3 Å². The van der Waals surface area contributed by atoms with Crippen molar-refractivity contribution >= 4 is 18.1 Å². The van der Waals surface area contributed by atoms with Crippen molar-refractivity contribution in [1.82, 2.24) is 0 Å². The van der Waals surface area contributed by atoms with Gasteiger partial charge in [0.2, 0.25) is 0 Å². The van der Waals surface area contributed by atoms with Crippen LogP contribution in [0, 0.1) is 0 Å². The Kier molecular flexibility index (Phi) is 35.6. The van der Waals surface area contributed by atoms with Crippen molar-refractivity contribution in [2.24, 2.45) is 0 Å². The fraction of sp³-hybridized carbons (Fsp3) is 0.737. The smallest absolute Gasteiger partial charge is 0 e. The standard InChI is InChI=1S/C7H10FGe.3C4H10O.Hf/c1-9(2,8)7-5-3-4-6-7;3*1-2-3-4-5;/h3-6H,1-2H3;3*5H,2-4H2,1H3;/q-1;;;;. The summed E-state index contributed by atoms with van der Waals surface area (Å²) >= 11 is -2.94. The Morgan fingerprint density at radius 1 is 0.760 bits per heavy atom. The second-order valence-electron chi connectivity index (χ2n) is 5.88. The molecule has 0 bridgehead atoms. The zero-order valence-electron chi connectivity index (χ0n) is 16.9. The van der Waals surface area contributed by atoms with Crippen LogP contribution in [0.3, 0.4) is 0 Å². The van der Waals surface area contributed by atoms with Crippen molar-refractivity contribution in [2.75, 3.05) is 19.8 Å². The van der Waals surface area contributed by atoms with Crippen molar-refractivity contribution in [3.63, 3.8) is 0 Å². The summed E-state index contributed by atoms with van der Waals surface area (Å²) in [6, 6.07) is 7.53. The number of aliphatic hydroxyl groups excluding tert-OH is 3. The molecule has 0 heterocycles. The van der Waals surface area contributed by atoms with Crippen molar-refractivity contribution < 1.29 is 44.7 Å². The van der Waals surface area contributed by atoms with E-state index in [1.807, 2.05) is 24.3 Å². The SMILES string of the molecule is CCCCO.CCCCO.CCCCO.[CH3][Ge]([CH3])([F])[c-]1cccc1.[Hf]. The fourth-order valence-electron chi connectivity index (χ4n) is 1.24. The molecule has 0 saturated carbocycles. The van der Waals surface area contributed by atoms with Crippen molar-refractivity contribution in [3.8, 4) is 0 Å². The summed E-state index contributed by atoms with van der Waals surface area (Å²) in [5, 5.41) is 24.2. The van der Waals surface area contributed by atoms with Gasteiger partial charge in [-0.3, -0.25) is 0 Å². The van der Waals surface area contributed by atoms with Gasteiger partial charge in [0, 0.05) is 45.7 Å². The summed E-state index contributed by atoms with van der Waals surface area (Å²) in [4.78, 5) is 0. The summed E-state index contributed by atoms with van der Waals surface area (Å²) in [6.45, 7) is 7.19. The number of rotatable bonds is 7. The molecule has 0 aliphatic heterocycles. The minimum absolute atomic E-state index is 0. The van der Waals surface area contributed by atoms with Gasteiger partial charge in [0.15, 0.2) is 0 Å². The number of hydrogen-bond donors (Lipinski definition) is 3. The van der Waals surface area contributed by atoms with Crippen LogP contribution >= 0.6 is 0 Å². The second-order valence-corrected chi connectivity index (χ2v) is 13.3. The maximum absolute atomic E-state index is 13.1. The molecule has 0 aromatic heterocycles. The molecule has 6 heteroatoms. The first-order chi connectivity index (χ1) is 11.3. The summed E-state index contributed by atoms with van der Waals surface area (Å²) in [7, 11) is 0. The van der Waals surface area contributed by atoms with E-state index < -0.39 is 13.7 Å². The van der Waals surface area contributed by atoms with Crippen LogP contribution in [-0.4, -0.2) is 48.9 Å². The van der Waals surface area contributed by atoms with Crippen molar-refractivity contribution in [2.45, 2.75) is 70.8 Å². The van der Waals surface area contributed by atoms with Crippen LogP contribution in [-0.2, 0) is 25.8 Å². The molecule has 150 valence electrons. The Morgan fingerprint density at radius 2 is 1.04 bits per heavy atom. The van der Waals surface area contributed by atoms with Gasteiger partial charge in [0.25, 0.3) is 0 Å². The molecule has 1 rings (SSSR count). The van der Waals surface area contributed by atoms with Crippen LogP contribution in [0.25, 0.3) is 0 Å². The average Bonchev–Trinajstić information content (AvgIpc) is 3.06. The van der Waals surface area contributed by atoms with E-state index in [1.54, 1.807) is 11.5 Å². The summed E-state index contributed by atoms with van der Waals surface area (Å²) in [6.07, 6.45) is 6.11. The number of unbranched alkanes of at least 4 members (excludes halogenated alkanes) is 3. The maximum Gasteiger partial charge on any atom is 0 e.